The molecule has 117 heavy (non-hydrogen) atoms. The fourth-order valence-corrected chi connectivity index (χ4v) is 15.1. The topological polar surface area (TPSA) is 385 Å². The second-order valence-corrected chi connectivity index (χ2v) is 30.8. The van der Waals surface area contributed by atoms with Crippen LogP contribution in [0.3, 0.4) is 0 Å². The van der Waals surface area contributed by atoms with E-state index in [0.29, 0.717) is 152 Å². The summed E-state index contributed by atoms with van der Waals surface area (Å²) in [6.45, 7) is 9.74. The van der Waals surface area contributed by atoms with Crippen LogP contribution in [0.1, 0.15) is 110 Å². The van der Waals surface area contributed by atoms with E-state index in [4.69, 9.17) is 72.2 Å². The number of aromatic nitrogens is 9. The molecule has 7 atom stereocenters. The molecule has 3 aromatic carbocycles. The zero-order valence-electron chi connectivity index (χ0n) is 64.6. The van der Waals surface area contributed by atoms with Gasteiger partial charge in [0, 0.05) is 146 Å². The molecule has 5 aliphatic rings. The summed E-state index contributed by atoms with van der Waals surface area (Å²) in [4.78, 5) is 111. The summed E-state index contributed by atoms with van der Waals surface area (Å²) in [5.74, 6) is -0.692. The fraction of sp³-hybridized carbons (Fsp3) is 0.400. The highest BCUT2D eigenvalue weighted by atomic mass is 35.5. The molecule has 0 unspecified atom stereocenters. The average molecular weight is 1710 g/mol. The number of fused-ring (bicyclic) bond motifs is 3. The summed E-state index contributed by atoms with van der Waals surface area (Å²) in [6, 6.07) is 18.2. The smallest absolute Gasteiger partial charge is 0.329 e. The van der Waals surface area contributed by atoms with Crippen LogP contribution in [-0.4, -0.2) is 230 Å². The first-order valence-electron chi connectivity index (χ1n) is 38.1. The summed E-state index contributed by atoms with van der Waals surface area (Å²) < 4.78 is 34.7. The van der Waals surface area contributed by atoms with Crippen LogP contribution in [0.4, 0.5) is 31.8 Å². The molecule has 0 radical (unpaired) electrons. The van der Waals surface area contributed by atoms with E-state index in [1.165, 1.54) is 55.3 Å². The first-order chi connectivity index (χ1) is 56.3. The molecule has 31 nitrogen and oxygen atoms in total. The first-order valence-corrected chi connectivity index (χ1v) is 40.0. The van der Waals surface area contributed by atoms with Crippen molar-refractivity contribution in [2.45, 2.75) is 127 Å². The number of methoxy groups -OCH3 is 1. The summed E-state index contributed by atoms with van der Waals surface area (Å²) in [7, 11) is 1.39. The maximum Gasteiger partial charge on any atom is 0.329 e. The molecule has 6 amide bonds. The number of amides is 6. The molecule has 2 fully saturated rings. The third-order valence-electron chi connectivity index (χ3n) is 20.8. The van der Waals surface area contributed by atoms with E-state index >= 15 is 0 Å². The highest BCUT2D eigenvalue weighted by molar-refractivity contribution is 6.34. The lowest BCUT2D eigenvalue weighted by Gasteiger charge is -2.33. The van der Waals surface area contributed by atoms with Gasteiger partial charge in [0.1, 0.15) is 35.4 Å². The maximum absolute atomic E-state index is 14.0. The molecule has 10 N–H and O–H groups in total. The second-order valence-electron chi connectivity index (χ2n) is 28.7. The van der Waals surface area contributed by atoms with E-state index in [2.05, 4.69) is 61.8 Å². The van der Waals surface area contributed by atoms with Crippen molar-refractivity contribution in [1.29, 1.82) is 0 Å². The number of nitrogens with one attached hydrogen (secondary N) is 6. The Labute approximate surface area is 698 Å². The van der Waals surface area contributed by atoms with Crippen LogP contribution in [0.5, 0.6) is 5.75 Å². The van der Waals surface area contributed by atoms with Gasteiger partial charge in [-0.1, -0.05) is 82.3 Å². The van der Waals surface area contributed by atoms with Crippen molar-refractivity contribution in [1.82, 2.24) is 74.3 Å². The normalized spacial score (nSPS) is 16.7. The van der Waals surface area contributed by atoms with Crippen LogP contribution in [0.2, 0.25) is 25.1 Å². The Bertz CT molecular complexity index is 4860. The number of nitrogens with zero attached hydrogens (tertiary/aromatic N) is 12. The minimum Gasteiger partial charge on any atom is -0.497 e. The number of halogens is 6. The molecule has 0 aliphatic carbocycles. The third kappa shape index (κ3) is 20.9. The zero-order chi connectivity index (χ0) is 83.3. The van der Waals surface area contributed by atoms with Crippen LogP contribution in [0.25, 0.3) is 33.8 Å². The molecule has 37 heteroatoms. The lowest BCUT2D eigenvalue weighted by atomic mass is 10.1. The lowest BCUT2D eigenvalue weighted by Crippen LogP contribution is -2.52. The van der Waals surface area contributed by atoms with E-state index in [0.717, 1.165) is 37.1 Å². The Kier molecular flexibility index (Phi) is 29.1. The van der Waals surface area contributed by atoms with E-state index in [1.807, 2.05) is 12.1 Å². The Hall–Kier alpha value is -10.1. The number of benzene rings is 3. The minimum absolute atomic E-state index is 0.104. The molecule has 0 bridgehead atoms. The molecule has 11 heterocycles. The lowest BCUT2D eigenvalue weighted by molar-refractivity contribution is -0.127. The summed E-state index contributed by atoms with van der Waals surface area (Å²) in [5.41, 5.74) is 7.13. The van der Waals surface area contributed by atoms with Crippen molar-refractivity contribution >= 4 is 112 Å². The number of carbonyl (C=O) groups excluding carboxylic acids is 6. The molecule has 5 aliphatic heterocycles. The van der Waals surface area contributed by atoms with Gasteiger partial charge in [0.25, 0.3) is 5.91 Å². The van der Waals surface area contributed by atoms with Gasteiger partial charge in [0.05, 0.1) is 102 Å². The third-order valence-corrected chi connectivity index (χ3v) is 22.1. The van der Waals surface area contributed by atoms with Crippen LogP contribution in [-0.2, 0) is 43.2 Å². The second kappa shape index (κ2) is 39.4. The number of hydrogen-bond donors (Lipinski definition) is 10. The highest BCUT2D eigenvalue weighted by Crippen LogP contribution is 2.36. The average Bonchev–Trinajstić information content (AvgIpc) is 1.64. The van der Waals surface area contributed by atoms with Gasteiger partial charge in [-0.2, -0.15) is 0 Å². The van der Waals surface area contributed by atoms with Crippen molar-refractivity contribution in [3.8, 4) is 39.5 Å². The number of rotatable bonds is 26. The molecule has 14 rings (SSSR count). The van der Waals surface area contributed by atoms with Crippen molar-refractivity contribution < 1.29 is 67.8 Å². The number of anilines is 3. The standard InChI is InChI=1S/2C27H30Cl2N6O4.C26H30ClFN6O5/c2*1-16(25(37)32-23(15-36)17-3-2-4-19(28)11-17)34-8-5-21-12-18(14-35(21)27(34)38)24-22(29)13-30-26(33-24)31-20-6-9-39-10-7-20;1-14(12-35)30-26-29-10-20(27)23(32-26)17-8-22-25(38)34(5-4-33(22)11-17)15(2)24(37)31-21(13-36)16-6-18(28)9-19(7-16)39-3/h2*2-4,11-14,16,20,23,36H,5-10,15H2,1H3,(H,32,37)(H,30,31,33);6-11,14-15,21,35-36H,4-5,12-13H2,1-3H3,(H,31,37)(H,29,30,32)/t16-,23+;16-,23-;14-,15+,21+/m010/s1. The molecule has 9 aromatic rings. The van der Waals surface area contributed by atoms with E-state index in [9.17, 15) is 53.6 Å². The molecule has 6 aromatic heterocycles. The summed E-state index contributed by atoms with van der Waals surface area (Å²) >= 11 is 31.4. The molecule has 2 saturated heterocycles. The van der Waals surface area contributed by atoms with Gasteiger partial charge in [-0.3, -0.25) is 28.3 Å². The summed E-state index contributed by atoms with van der Waals surface area (Å²) in [5, 5.41) is 59.0. The number of aliphatic hydroxyl groups excluding tert-OH is 4. The number of carbonyl (C=O) groups is 6. The van der Waals surface area contributed by atoms with Crippen molar-refractivity contribution in [3.63, 3.8) is 0 Å². The number of ether oxygens (including phenoxy) is 3. The van der Waals surface area contributed by atoms with Crippen molar-refractivity contribution in [3.05, 3.63) is 187 Å². The van der Waals surface area contributed by atoms with Gasteiger partial charge in [-0.05, 0) is 125 Å². The molecule has 0 saturated carbocycles. The predicted octanol–water partition coefficient (Wildman–Crippen LogP) is 10.0. The minimum atomic E-state index is -0.892. The van der Waals surface area contributed by atoms with E-state index in [1.54, 1.807) is 118 Å². The Morgan fingerprint density at radius 1 is 0.521 bits per heavy atom. The monoisotopic (exact) mass is 1700 g/mol. The Morgan fingerprint density at radius 2 is 0.949 bits per heavy atom. The molecular weight excluding hydrogens is 1620 g/mol. The first kappa shape index (κ1) is 86.2. The van der Waals surface area contributed by atoms with Crippen LogP contribution < -0.4 is 36.6 Å². The quantitative estimate of drug-likeness (QED) is 0.0241. The Morgan fingerprint density at radius 3 is 1.38 bits per heavy atom. The Balaban J connectivity index is 0.000000162. The van der Waals surface area contributed by atoms with Crippen LogP contribution >= 0.6 is 58.0 Å². The summed E-state index contributed by atoms with van der Waals surface area (Å²) in [6.07, 6.45) is 14.3. The van der Waals surface area contributed by atoms with Gasteiger partial charge >= 0.3 is 12.1 Å². The zero-order valence-corrected chi connectivity index (χ0v) is 68.3. The van der Waals surface area contributed by atoms with E-state index < -0.39 is 54.6 Å². The van der Waals surface area contributed by atoms with Gasteiger partial charge in [-0.15, -0.1) is 0 Å². The van der Waals surface area contributed by atoms with Crippen molar-refractivity contribution in [2.75, 3.05) is 95.5 Å². The molecule has 620 valence electrons. The molecule has 0 spiro atoms. The number of hydrogen-bond acceptors (Lipinski definition) is 22. The largest absolute Gasteiger partial charge is 0.497 e. The van der Waals surface area contributed by atoms with E-state index in [-0.39, 0.29) is 86.0 Å². The van der Waals surface area contributed by atoms with Crippen LogP contribution in [0.15, 0.2) is 122 Å². The van der Waals surface area contributed by atoms with Crippen LogP contribution in [0, 0.1) is 5.82 Å². The van der Waals surface area contributed by atoms with Gasteiger partial charge in [0.2, 0.25) is 35.6 Å². The van der Waals surface area contributed by atoms with Gasteiger partial charge in [-0.25, -0.2) is 43.9 Å². The fourth-order valence-electron chi connectivity index (χ4n) is 14.1. The maximum atomic E-state index is 14.0. The van der Waals surface area contributed by atoms with Gasteiger partial charge < -0.3 is 85.8 Å². The van der Waals surface area contributed by atoms with Crippen molar-refractivity contribution in [2.24, 2.45) is 0 Å². The molecular formula is C80H90Cl5FN18O13. The highest BCUT2D eigenvalue weighted by Gasteiger charge is 2.38. The number of aliphatic hydroxyl groups is 4. The van der Waals surface area contributed by atoms with Gasteiger partial charge in [0.15, 0.2) is 0 Å². The predicted molar refractivity (Wildman–Crippen MR) is 438 cm³/mol. The SMILES string of the molecule is COc1cc(F)cc([C@@H](CO)NC(=O)[C@@H](C)N2CCn3cc(-c4nc(N[C@@H](C)CO)ncc4Cl)cc3C2=O)c1.C[C@@H](C(=O)N[C@H](CO)c1cccc(Cl)c1)N1CCc2cc(-c3nc(NC4CCOCC4)ncc3Cl)cn2C1=O.C[C@H](C(=O)N[C@H](CO)c1cccc(Cl)c1)N1CCc2cc(-c3nc(NC4CCOCC4)ncc3Cl)cn2C1=O.